The maximum absolute atomic E-state index is 12.0. The van der Waals surface area contributed by atoms with Crippen molar-refractivity contribution in [3.8, 4) is 0 Å². The summed E-state index contributed by atoms with van der Waals surface area (Å²) in [5.41, 5.74) is 1.49. The number of rotatable bonds is 6. The zero-order valence-corrected chi connectivity index (χ0v) is 13.5. The number of sulfonamides is 1. The molecule has 1 aromatic carbocycles. The first-order valence-corrected chi connectivity index (χ1v) is 8.32. The van der Waals surface area contributed by atoms with Crippen molar-refractivity contribution in [1.82, 2.24) is 15.0 Å². The van der Waals surface area contributed by atoms with Crippen LogP contribution in [0.1, 0.15) is 33.3 Å². The molecular weight excluding hydrogens is 318 g/mol. The average molecular weight is 335 g/mol. The van der Waals surface area contributed by atoms with Gasteiger partial charge in [-0.05, 0) is 37.7 Å². The van der Waals surface area contributed by atoms with Gasteiger partial charge in [0, 0.05) is 18.3 Å². The van der Waals surface area contributed by atoms with E-state index in [1.54, 1.807) is 12.1 Å². The molecule has 0 saturated carbocycles. The molecule has 2 rings (SSSR count). The molecule has 1 aromatic heterocycles. The summed E-state index contributed by atoms with van der Waals surface area (Å²) >= 11 is 0. The highest BCUT2D eigenvalue weighted by molar-refractivity contribution is 7.89. The number of ketones is 1. The Hall–Kier alpha value is -2.45. The Morgan fingerprint density at radius 2 is 1.83 bits per heavy atom. The fraction of sp³-hybridized carbons (Fsp3) is 0.200. The molecule has 8 heteroatoms. The van der Waals surface area contributed by atoms with Crippen molar-refractivity contribution in [2.24, 2.45) is 0 Å². The standard InChI is InChI=1S/C15H17N3O4S/c1-10(19)12-7-14(17-9-12)15(20)18-8-11-3-5-13(6-4-11)23(21,22)16-2/h3-7,9,16-17H,8H2,1-2H3,(H,18,20). The molecular formula is C15H17N3O4S. The zero-order valence-electron chi connectivity index (χ0n) is 12.7. The molecule has 0 aliphatic heterocycles. The van der Waals surface area contributed by atoms with E-state index in [9.17, 15) is 18.0 Å². The number of amides is 1. The number of hydrogen-bond donors (Lipinski definition) is 3. The Morgan fingerprint density at radius 1 is 1.17 bits per heavy atom. The number of aromatic nitrogens is 1. The van der Waals surface area contributed by atoms with Crippen molar-refractivity contribution in [2.45, 2.75) is 18.4 Å². The number of hydrogen-bond acceptors (Lipinski definition) is 4. The quantitative estimate of drug-likeness (QED) is 0.686. The normalized spacial score (nSPS) is 11.2. The van der Waals surface area contributed by atoms with E-state index in [1.807, 2.05) is 0 Å². The second-order valence-corrected chi connectivity index (χ2v) is 6.78. The molecule has 0 fully saturated rings. The van der Waals surface area contributed by atoms with Crippen LogP contribution in [-0.4, -0.2) is 32.1 Å². The second-order valence-electron chi connectivity index (χ2n) is 4.89. The van der Waals surface area contributed by atoms with Gasteiger partial charge in [0.2, 0.25) is 10.0 Å². The monoisotopic (exact) mass is 335 g/mol. The van der Waals surface area contributed by atoms with Crippen molar-refractivity contribution in [3.05, 3.63) is 53.3 Å². The highest BCUT2D eigenvalue weighted by Gasteiger charge is 2.12. The van der Waals surface area contributed by atoms with Crippen molar-refractivity contribution in [1.29, 1.82) is 0 Å². The van der Waals surface area contributed by atoms with E-state index in [4.69, 9.17) is 0 Å². The first-order chi connectivity index (χ1) is 10.8. The summed E-state index contributed by atoms with van der Waals surface area (Å²) in [6, 6.07) is 7.67. The lowest BCUT2D eigenvalue weighted by Crippen LogP contribution is -2.23. The van der Waals surface area contributed by atoms with Gasteiger partial charge in [0.15, 0.2) is 5.78 Å². The number of carbonyl (C=O) groups excluding carboxylic acids is 2. The van der Waals surface area contributed by atoms with E-state index in [1.165, 1.54) is 38.4 Å². The Labute approximate surface area is 134 Å². The summed E-state index contributed by atoms with van der Waals surface area (Å²) in [7, 11) is -2.13. The Bertz CT molecular complexity index is 823. The van der Waals surface area contributed by atoms with Crippen molar-refractivity contribution < 1.29 is 18.0 Å². The molecule has 1 heterocycles. The van der Waals surface area contributed by atoms with Crippen LogP contribution in [0.3, 0.4) is 0 Å². The minimum atomic E-state index is -3.47. The van der Waals surface area contributed by atoms with E-state index >= 15 is 0 Å². The van der Waals surface area contributed by atoms with Gasteiger partial charge in [0.25, 0.3) is 5.91 Å². The number of carbonyl (C=O) groups is 2. The zero-order chi connectivity index (χ0) is 17.0. The second kappa shape index (κ2) is 6.76. The van der Waals surface area contributed by atoms with Crippen LogP contribution in [0.2, 0.25) is 0 Å². The average Bonchev–Trinajstić information content (AvgIpc) is 3.03. The molecule has 0 spiro atoms. The first-order valence-electron chi connectivity index (χ1n) is 6.83. The molecule has 0 bridgehead atoms. The van der Waals surface area contributed by atoms with Gasteiger partial charge in [-0.1, -0.05) is 12.1 Å². The highest BCUT2D eigenvalue weighted by Crippen LogP contribution is 2.10. The molecule has 0 aliphatic rings. The molecule has 0 unspecified atom stereocenters. The van der Waals surface area contributed by atoms with Crippen molar-refractivity contribution >= 4 is 21.7 Å². The lowest BCUT2D eigenvalue weighted by molar-refractivity contribution is 0.0946. The van der Waals surface area contributed by atoms with Crippen LogP contribution in [0.4, 0.5) is 0 Å². The fourth-order valence-electron chi connectivity index (χ4n) is 1.91. The molecule has 0 radical (unpaired) electrons. The van der Waals surface area contributed by atoms with Crippen LogP contribution in [0.25, 0.3) is 0 Å². The first kappa shape index (κ1) is 16.9. The van der Waals surface area contributed by atoms with Crippen LogP contribution < -0.4 is 10.0 Å². The summed E-state index contributed by atoms with van der Waals surface area (Å²) in [4.78, 5) is 26.1. The number of H-pyrrole nitrogens is 1. The van der Waals surface area contributed by atoms with Crippen LogP contribution in [0.15, 0.2) is 41.4 Å². The number of aromatic amines is 1. The van der Waals surface area contributed by atoms with E-state index in [2.05, 4.69) is 15.0 Å². The van der Waals surface area contributed by atoms with Gasteiger partial charge < -0.3 is 10.3 Å². The predicted octanol–water partition coefficient (Wildman–Crippen LogP) is 1.06. The highest BCUT2D eigenvalue weighted by atomic mass is 32.2. The van der Waals surface area contributed by atoms with Gasteiger partial charge >= 0.3 is 0 Å². The van der Waals surface area contributed by atoms with Gasteiger partial charge in [-0.15, -0.1) is 0 Å². The maximum Gasteiger partial charge on any atom is 0.267 e. The molecule has 0 saturated heterocycles. The van der Waals surface area contributed by atoms with Crippen molar-refractivity contribution in [2.75, 3.05) is 7.05 Å². The minimum Gasteiger partial charge on any atom is -0.356 e. The summed E-state index contributed by atoms with van der Waals surface area (Å²) in [6.07, 6.45) is 1.48. The third kappa shape index (κ3) is 4.05. The van der Waals surface area contributed by atoms with Crippen LogP contribution in [0, 0.1) is 0 Å². The Balaban J connectivity index is 2.00. The van der Waals surface area contributed by atoms with Crippen LogP contribution >= 0.6 is 0 Å². The SMILES string of the molecule is CNS(=O)(=O)c1ccc(CNC(=O)c2cc(C(C)=O)c[nH]2)cc1. The predicted molar refractivity (Wildman–Crippen MR) is 84.7 cm³/mol. The topological polar surface area (TPSA) is 108 Å². The molecule has 1 amide bonds. The molecule has 23 heavy (non-hydrogen) atoms. The lowest BCUT2D eigenvalue weighted by atomic mass is 10.2. The Kier molecular flexibility index (Phi) is 4.97. The third-order valence-electron chi connectivity index (χ3n) is 3.29. The van der Waals surface area contributed by atoms with Gasteiger partial charge in [0.1, 0.15) is 5.69 Å². The summed E-state index contributed by atoms with van der Waals surface area (Å²) in [5.74, 6) is -0.467. The van der Waals surface area contributed by atoms with E-state index < -0.39 is 10.0 Å². The largest absolute Gasteiger partial charge is 0.356 e. The molecule has 122 valence electrons. The van der Waals surface area contributed by atoms with Crippen molar-refractivity contribution in [3.63, 3.8) is 0 Å². The lowest BCUT2D eigenvalue weighted by Gasteiger charge is -2.06. The van der Waals surface area contributed by atoms with E-state index in [0.717, 1.165) is 5.56 Å². The van der Waals surface area contributed by atoms with Gasteiger partial charge in [-0.3, -0.25) is 9.59 Å². The molecule has 3 N–H and O–H groups in total. The van der Waals surface area contributed by atoms with E-state index in [-0.39, 0.29) is 23.1 Å². The number of benzene rings is 1. The van der Waals surface area contributed by atoms with Gasteiger partial charge in [-0.25, -0.2) is 13.1 Å². The smallest absolute Gasteiger partial charge is 0.267 e. The fourth-order valence-corrected chi connectivity index (χ4v) is 2.64. The third-order valence-corrected chi connectivity index (χ3v) is 4.72. The number of nitrogens with one attached hydrogen (secondary N) is 3. The molecule has 2 aromatic rings. The summed E-state index contributed by atoms with van der Waals surface area (Å²) < 4.78 is 25.4. The molecule has 7 nitrogen and oxygen atoms in total. The molecule has 0 atom stereocenters. The van der Waals surface area contributed by atoms with Gasteiger partial charge in [-0.2, -0.15) is 0 Å². The minimum absolute atomic E-state index is 0.123. The molecule has 0 aliphatic carbocycles. The maximum atomic E-state index is 12.0. The number of Topliss-reactive ketones (excluding diaryl/α,β-unsaturated/α-hetero) is 1. The summed E-state index contributed by atoms with van der Waals surface area (Å²) in [5, 5.41) is 2.69. The van der Waals surface area contributed by atoms with Crippen LogP contribution in [-0.2, 0) is 16.6 Å². The Morgan fingerprint density at radius 3 is 2.35 bits per heavy atom. The van der Waals surface area contributed by atoms with Gasteiger partial charge in [0.05, 0.1) is 4.90 Å². The van der Waals surface area contributed by atoms with Crippen LogP contribution in [0.5, 0.6) is 0 Å². The van der Waals surface area contributed by atoms with E-state index in [0.29, 0.717) is 11.3 Å². The summed E-state index contributed by atoms with van der Waals surface area (Å²) in [6.45, 7) is 1.67.